The first-order valence-electron chi connectivity index (χ1n) is 9.49. The van der Waals surface area contributed by atoms with E-state index in [1.165, 1.54) is 7.11 Å². The highest BCUT2D eigenvalue weighted by Gasteiger charge is 2.56. The number of carbonyl (C=O) groups is 2. The molecule has 1 heterocycles. The summed E-state index contributed by atoms with van der Waals surface area (Å²) in [5, 5.41) is 20.8. The molecule has 27 heavy (non-hydrogen) atoms. The van der Waals surface area contributed by atoms with E-state index in [1.807, 2.05) is 13.8 Å². The zero-order valence-corrected chi connectivity index (χ0v) is 16.2. The van der Waals surface area contributed by atoms with Gasteiger partial charge in [-0.1, -0.05) is 20.8 Å². The number of hydrogen-bond donors (Lipinski definition) is 2. The molecule has 6 nitrogen and oxygen atoms in total. The SMILES string of the molecule is COc1c(O)c2c(c3c1[C@@H](CO)OC3=O)CC[C@H]1C(C)(C)C(=O)CC[C@]21C. The highest BCUT2D eigenvalue weighted by Crippen LogP contribution is 2.61. The van der Waals surface area contributed by atoms with E-state index in [2.05, 4.69) is 6.92 Å². The van der Waals surface area contributed by atoms with Crippen LogP contribution in [0.25, 0.3) is 0 Å². The number of Topliss-reactive ketones (excluding diaryl/α,β-unsaturated/α-hetero) is 1. The Bertz CT molecular complexity index is 855. The second-order valence-electron chi connectivity index (χ2n) is 8.75. The second-order valence-corrected chi connectivity index (χ2v) is 8.75. The van der Waals surface area contributed by atoms with E-state index in [0.29, 0.717) is 36.0 Å². The maximum atomic E-state index is 12.6. The highest BCUT2D eigenvalue weighted by molar-refractivity contribution is 5.98. The molecule has 4 rings (SSSR count). The normalized spacial score (nSPS) is 31.0. The van der Waals surface area contributed by atoms with Gasteiger partial charge in [0.05, 0.1) is 24.8 Å². The molecule has 0 amide bonds. The van der Waals surface area contributed by atoms with Crippen molar-refractivity contribution in [3.8, 4) is 11.5 Å². The van der Waals surface area contributed by atoms with Crippen molar-refractivity contribution in [2.75, 3.05) is 13.7 Å². The molecule has 2 N–H and O–H groups in total. The molecule has 2 aliphatic carbocycles. The van der Waals surface area contributed by atoms with E-state index < -0.39 is 22.9 Å². The summed E-state index contributed by atoms with van der Waals surface area (Å²) in [6, 6.07) is 0. The highest BCUT2D eigenvalue weighted by atomic mass is 16.6. The molecule has 0 radical (unpaired) electrons. The predicted molar refractivity (Wildman–Crippen MR) is 97.1 cm³/mol. The van der Waals surface area contributed by atoms with Gasteiger partial charge in [-0.25, -0.2) is 4.79 Å². The lowest BCUT2D eigenvalue weighted by atomic mass is 9.49. The Labute approximate surface area is 158 Å². The summed E-state index contributed by atoms with van der Waals surface area (Å²) in [4.78, 5) is 25.2. The molecule has 6 heteroatoms. The summed E-state index contributed by atoms with van der Waals surface area (Å²) >= 11 is 0. The van der Waals surface area contributed by atoms with Crippen LogP contribution in [0.5, 0.6) is 11.5 Å². The number of ether oxygens (including phenoxy) is 2. The molecule has 1 aromatic carbocycles. The molecular weight excluding hydrogens is 348 g/mol. The lowest BCUT2D eigenvalue weighted by molar-refractivity contribution is -0.137. The fourth-order valence-corrected chi connectivity index (χ4v) is 5.90. The number of benzene rings is 1. The lowest BCUT2D eigenvalue weighted by Crippen LogP contribution is -2.52. The van der Waals surface area contributed by atoms with Crippen molar-refractivity contribution in [3.05, 3.63) is 22.3 Å². The first-order chi connectivity index (χ1) is 12.7. The van der Waals surface area contributed by atoms with E-state index in [0.717, 1.165) is 12.0 Å². The number of phenolic OH excluding ortho intramolecular Hbond substituents is 1. The zero-order chi connectivity index (χ0) is 19.7. The number of aliphatic hydroxyl groups is 1. The Morgan fingerprint density at radius 1 is 1.22 bits per heavy atom. The van der Waals surface area contributed by atoms with Crippen molar-refractivity contribution in [2.45, 2.75) is 58.0 Å². The molecule has 0 saturated heterocycles. The zero-order valence-electron chi connectivity index (χ0n) is 16.2. The van der Waals surface area contributed by atoms with Gasteiger partial charge in [0.25, 0.3) is 0 Å². The molecule has 0 spiro atoms. The number of hydrogen-bond acceptors (Lipinski definition) is 6. The minimum Gasteiger partial charge on any atom is -0.504 e. The fourth-order valence-electron chi connectivity index (χ4n) is 5.90. The molecule has 1 aliphatic heterocycles. The average molecular weight is 374 g/mol. The third kappa shape index (κ3) is 2.16. The summed E-state index contributed by atoms with van der Waals surface area (Å²) in [5.74, 6) is 0.0524. The molecule has 0 bridgehead atoms. The Balaban J connectivity index is 2.02. The number of methoxy groups -OCH3 is 1. The van der Waals surface area contributed by atoms with Gasteiger partial charge in [-0.2, -0.15) is 0 Å². The molecular formula is C21H26O6. The maximum absolute atomic E-state index is 12.6. The molecule has 3 aliphatic rings. The van der Waals surface area contributed by atoms with Gasteiger partial charge in [0.2, 0.25) is 0 Å². The molecule has 0 unspecified atom stereocenters. The van der Waals surface area contributed by atoms with Gasteiger partial charge in [0.1, 0.15) is 5.78 Å². The quantitative estimate of drug-likeness (QED) is 0.773. The maximum Gasteiger partial charge on any atom is 0.339 e. The predicted octanol–water partition coefficient (Wildman–Crippen LogP) is 2.81. The summed E-state index contributed by atoms with van der Waals surface area (Å²) in [5.41, 5.74) is 1.44. The van der Waals surface area contributed by atoms with E-state index in [-0.39, 0.29) is 29.8 Å². The number of rotatable bonds is 2. The van der Waals surface area contributed by atoms with Crippen molar-refractivity contribution >= 4 is 11.8 Å². The van der Waals surface area contributed by atoms with Gasteiger partial charge in [0.15, 0.2) is 17.6 Å². The minimum atomic E-state index is -0.825. The van der Waals surface area contributed by atoms with Crippen LogP contribution in [0.4, 0.5) is 0 Å². The van der Waals surface area contributed by atoms with Gasteiger partial charge >= 0.3 is 5.97 Å². The smallest absolute Gasteiger partial charge is 0.339 e. The summed E-state index contributed by atoms with van der Waals surface area (Å²) in [7, 11) is 1.44. The van der Waals surface area contributed by atoms with Gasteiger partial charge in [0, 0.05) is 22.8 Å². The number of fused-ring (bicyclic) bond motifs is 5. The third-order valence-corrected chi connectivity index (χ3v) is 7.20. The number of aliphatic hydroxyl groups excluding tert-OH is 1. The molecule has 1 saturated carbocycles. The van der Waals surface area contributed by atoms with E-state index >= 15 is 0 Å². The van der Waals surface area contributed by atoms with Crippen LogP contribution in [0.3, 0.4) is 0 Å². The van der Waals surface area contributed by atoms with Crippen LogP contribution >= 0.6 is 0 Å². The van der Waals surface area contributed by atoms with Crippen LogP contribution in [0, 0.1) is 11.3 Å². The van der Waals surface area contributed by atoms with E-state index in [1.54, 1.807) is 0 Å². The summed E-state index contributed by atoms with van der Waals surface area (Å²) < 4.78 is 10.8. The Morgan fingerprint density at radius 2 is 1.93 bits per heavy atom. The summed E-state index contributed by atoms with van der Waals surface area (Å²) in [6.07, 6.45) is 1.59. The molecule has 3 atom stereocenters. The number of ketones is 1. The van der Waals surface area contributed by atoms with Crippen LogP contribution in [0.15, 0.2) is 0 Å². The Kier molecular flexibility index (Phi) is 3.87. The standard InChI is InChI=1S/C21H26O6/c1-20(2)12-6-5-10-14-15(11(9-22)27-19(14)25)18(26-4)17(24)16(10)21(12,3)8-7-13(20)23/h11-12,22,24H,5-9H2,1-4H3/t11-,12+,21+/m1/s1. The van der Waals surface area contributed by atoms with Gasteiger partial charge in [-0.3, -0.25) is 4.79 Å². The number of cyclic esters (lactones) is 1. The van der Waals surface area contributed by atoms with E-state index in [4.69, 9.17) is 9.47 Å². The largest absolute Gasteiger partial charge is 0.504 e. The summed E-state index contributed by atoms with van der Waals surface area (Å²) in [6.45, 7) is 5.69. The first-order valence-corrected chi connectivity index (χ1v) is 9.49. The minimum absolute atomic E-state index is 0.0142. The van der Waals surface area contributed by atoms with Crippen molar-refractivity contribution in [1.82, 2.24) is 0 Å². The number of esters is 1. The number of phenols is 1. The van der Waals surface area contributed by atoms with Crippen molar-refractivity contribution in [2.24, 2.45) is 11.3 Å². The van der Waals surface area contributed by atoms with Crippen LogP contribution in [-0.4, -0.2) is 35.7 Å². The molecule has 1 aromatic rings. The van der Waals surface area contributed by atoms with E-state index in [9.17, 15) is 19.8 Å². The van der Waals surface area contributed by atoms with Gasteiger partial charge in [-0.05, 0) is 30.7 Å². The Hall–Kier alpha value is -2.08. The average Bonchev–Trinajstić information content (AvgIpc) is 2.95. The van der Waals surface area contributed by atoms with Gasteiger partial charge in [-0.15, -0.1) is 0 Å². The molecule has 146 valence electrons. The Morgan fingerprint density at radius 3 is 2.56 bits per heavy atom. The van der Waals surface area contributed by atoms with Crippen molar-refractivity contribution in [3.63, 3.8) is 0 Å². The van der Waals surface area contributed by atoms with Crippen molar-refractivity contribution < 1.29 is 29.3 Å². The van der Waals surface area contributed by atoms with Crippen LogP contribution in [0.2, 0.25) is 0 Å². The lowest BCUT2D eigenvalue weighted by Gasteiger charge is -2.53. The molecule has 1 fully saturated rings. The third-order valence-electron chi connectivity index (χ3n) is 7.20. The molecule has 0 aromatic heterocycles. The number of aromatic hydroxyl groups is 1. The van der Waals surface area contributed by atoms with Gasteiger partial charge < -0.3 is 19.7 Å². The van der Waals surface area contributed by atoms with Crippen LogP contribution < -0.4 is 4.74 Å². The number of carbonyl (C=O) groups excluding carboxylic acids is 2. The topological polar surface area (TPSA) is 93.1 Å². The monoisotopic (exact) mass is 374 g/mol. The van der Waals surface area contributed by atoms with Crippen LogP contribution in [0.1, 0.15) is 73.2 Å². The second kappa shape index (κ2) is 5.71. The fraction of sp³-hybridized carbons (Fsp3) is 0.619. The first kappa shape index (κ1) is 18.3. The van der Waals surface area contributed by atoms with Crippen LogP contribution in [-0.2, 0) is 21.4 Å². The van der Waals surface area contributed by atoms with Crippen molar-refractivity contribution in [1.29, 1.82) is 0 Å².